The molecule has 14 nitrogen and oxygen atoms in total. The number of nitrogens with zero attached hydrogens (tertiary/aromatic N) is 2. The quantitative estimate of drug-likeness (QED) is 0.0250. The molecule has 0 radical (unpaired) electrons. The van der Waals surface area contributed by atoms with Crippen LogP contribution in [0, 0.1) is 0 Å². The normalized spacial score (nSPS) is 12.5. The average molecular weight is 1110 g/mol. The molecule has 0 amide bonds. The molecule has 14 heteroatoms. The van der Waals surface area contributed by atoms with E-state index in [1.165, 1.54) is 167 Å². The van der Waals surface area contributed by atoms with E-state index >= 15 is 0 Å². The third kappa shape index (κ3) is 60.9. The molecule has 0 spiro atoms. The van der Waals surface area contributed by atoms with Crippen LogP contribution in [0.25, 0.3) is 0 Å². The van der Waals surface area contributed by atoms with Crippen molar-refractivity contribution in [3.05, 3.63) is 12.8 Å². The molecule has 0 bridgehead atoms. The molecule has 0 aromatic rings. The zero-order valence-corrected chi connectivity index (χ0v) is 51.8. The molecule has 0 aliphatic rings. The molecule has 0 fully saturated rings. The lowest BCUT2D eigenvalue weighted by Gasteiger charge is -2.38. The number of hydrogen-bond acceptors (Lipinski definition) is 12. The maximum Gasteiger partial charge on any atom is 0.255 e. The Hall–Kier alpha value is -0.980. The maximum atomic E-state index is 6.12. The van der Waals surface area contributed by atoms with Gasteiger partial charge in [0, 0.05) is 19.6 Å². The van der Waals surface area contributed by atoms with E-state index in [0.717, 1.165) is 61.1 Å². The predicted molar refractivity (Wildman–Crippen MR) is 318 cm³/mol. The molecular formula is C63H130N2O12+2. The summed E-state index contributed by atoms with van der Waals surface area (Å²) < 4.78 is 70.2. The Balaban J connectivity index is 3.45. The Morgan fingerprint density at radius 1 is 0.273 bits per heavy atom. The fourth-order valence-corrected chi connectivity index (χ4v) is 9.05. The lowest BCUT2D eigenvalue weighted by Crippen LogP contribution is -2.54. The highest BCUT2D eigenvalue weighted by atomic mass is 16.6. The van der Waals surface area contributed by atoms with Gasteiger partial charge in [-0.1, -0.05) is 187 Å². The molecule has 0 aromatic heterocycles. The van der Waals surface area contributed by atoms with E-state index in [1.807, 2.05) is 0 Å². The lowest BCUT2D eigenvalue weighted by atomic mass is 10.0. The number of unbranched alkanes of at least 4 members (excludes halogenated alkanes) is 26. The molecule has 0 aliphatic carbocycles. The molecule has 77 heavy (non-hydrogen) atoms. The first-order valence-corrected chi connectivity index (χ1v) is 32.0. The van der Waals surface area contributed by atoms with Gasteiger partial charge < -0.3 is 61.3 Å². The minimum Gasteiger partial charge on any atom is -0.449 e. The van der Waals surface area contributed by atoms with E-state index in [1.54, 1.807) is 6.26 Å². The van der Waals surface area contributed by atoms with Crippen molar-refractivity contribution >= 4 is 0 Å². The summed E-state index contributed by atoms with van der Waals surface area (Å²) in [7, 11) is 9.01. The molecule has 1 unspecified atom stereocenters. The van der Waals surface area contributed by atoms with Crippen LogP contribution in [0.1, 0.15) is 200 Å². The Morgan fingerprint density at radius 2 is 0.519 bits per heavy atom. The van der Waals surface area contributed by atoms with Gasteiger partial charge >= 0.3 is 0 Å². The van der Waals surface area contributed by atoms with Gasteiger partial charge in [0.05, 0.1) is 173 Å². The lowest BCUT2D eigenvalue weighted by molar-refractivity contribution is -0.942. The summed E-state index contributed by atoms with van der Waals surface area (Å²) in [6.07, 6.45) is 40.9. The van der Waals surface area contributed by atoms with Crippen molar-refractivity contribution in [1.82, 2.24) is 0 Å². The van der Waals surface area contributed by atoms with Crippen LogP contribution in [0.5, 0.6) is 0 Å². The summed E-state index contributed by atoms with van der Waals surface area (Å²) in [6, 6.07) is 0. The van der Waals surface area contributed by atoms with Crippen molar-refractivity contribution in [3.63, 3.8) is 0 Å². The molecule has 0 saturated heterocycles. The summed E-state index contributed by atoms with van der Waals surface area (Å²) in [6.45, 7) is 24.2. The predicted octanol–water partition coefficient (Wildman–Crippen LogP) is 13.2. The van der Waals surface area contributed by atoms with Gasteiger partial charge in [-0.2, -0.15) is 0 Å². The highest BCUT2D eigenvalue weighted by molar-refractivity contribution is 4.56. The van der Waals surface area contributed by atoms with Gasteiger partial charge in [0.2, 0.25) is 0 Å². The minimum absolute atomic E-state index is 0.0590. The van der Waals surface area contributed by atoms with Crippen molar-refractivity contribution in [1.29, 1.82) is 0 Å². The molecule has 462 valence electrons. The molecule has 0 N–H and O–H groups in total. The van der Waals surface area contributed by atoms with Gasteiger partial charge in [-0.3, -0.25) is 4.48 Å². The number of ether oxygens (including phenoxy) is 12. The van der Waals surface area contributed by atoms with E-state index < -0.39 is 0 Å². The second kappa shape index (κ2) is 62.6. The molecular weight excluding hydrogens is 977 g/mol. The molecule has 0 heterocycles. The van der Waals surface area contributed by atoms with Gasteiger partial charge in [-0.05, 0) is 12.8 Å². The molecule has 0 aromatic carbocycles. The number of quaternary nitrogens is 2. The smallest absolute Gasteiger partial charge is 0.255 e. The number of rotatable bonds is 69. The van der Waals surface area contributed by atoms with Gasteiger partial charge in [0.25, 0.3) is 6.23 Å². The van der Waals surface area contributed by atoms with E-state index in [2.05, 4.69) is 48.6 Å². The second-order valence-electron chi connectivity index (χ2n) is 22.4. The van der Waals surface area contributed by atoms with Crippen LogP contribution >= 0.6 is 0 Å². The van der Waals surface area contributed by atoms with Crippen molar-refractivity contribution in [2.45, 2.75) is 206 Å². The third-order valence-electron chi connectivity index (χ3n) is 14.3. The van der Waals surface area contributed by atoms with Crippen molar-refractivity contribution in [2.24, 2.45) is 0 Å². The van der Waals surface area contributed by atoms with Crippen LogP contribution < -0.4 is 0 Å². The monoisotopic (exact) mass is 1110 g/mol. The maximum absolute atomic E-state index is 6.12. The first kappa shape index (κ1) is 76.0. The first-order valence-electron chi connectivity index (χ1n) is 32.0. The van der Waals surface area contributed by atoms with Crippen LogP contribution in [0.4, 0.5) is 0 Å². The summed E-state index contributed by atoms with van der Waals surface area (Å²) in [5.74, 6) is 0. The largest absolute Gasteiger partial charge is 0.449 e. The van der Waals surface area contributed by atoms with Crippen LogP contribution in [-0.2, 0) is 56.8 Å². The Labute approximate surface area is 476 Å². The fraction of sp³-hybridized carbons (Fsp3) is 0.968. The van der Waals surface area contributed by atoms with Gasteiger partial charge in [-0.25, -0.2) is 0 Å². The van der Waals surface area contributed by atoms with Gasteiger partial charge in [0.1, 0.15) is 13.2 Å². The number of hydrogen-bond donors (Lipinski definition) is 0. The van der Waals surface area contributed by atoms with Crippen LogP contribution in [-0.4, -0.2) is 208 Å². The fourth-order valence-electron chi connectivity index (χ4n) is 9.05. The van der Waals surface area contributed by atoms with E-state index in [-0.39, 0.29) is 6.23 Å². The zero-order valence-electron chi connectivity index (χ0n) is 51.8. The zero-order chi connectivity index (χ0) is 56.0. The molecule has 0 rings (SSSR count). The topological polar surface area (TPSA) is 111 Å². The van der Waals surface area contributed by atoms with E-state index in [4.69, 9.17) is 56.8 Å². The Morgan fingerprint density at radius 3 is 0.805 bits per heavy atom. The summed E-state index contributed by atoms with van der Waals surface area (Å²) >= 11 is 0. The van der Waals surface area contributed by atoms with E-state index in [0.29, 0.717) is 132 Å². The van der Waals surface area contributed by atoms with Crippen LogP contribution in [0.15, 0.2) is 12.8 Å². The first-order chi connectivity index (χ1) is 37.8. The van der Waals surface area contributed by atoms with E-state index in [9.17, 15) is 0 Å². The second-order valence-corrected chi connectivity index (χ2v) is 22.4. The van der Waals surface area contributed by atoms with Crippen LogP contribution in [0.3, 0.4) is 0 Å². The standard InChI is InChI=1S/C63H130N2O12/c1-8-11-13-15-17-19-21-23-25-27-29-31-33-35-41-66-44-46-68-48-50-70-52-54-72-56-58-74-60-61-75-59-57-73-55-53-71-51-49-69-47-45-67-43-40-64(4,5)38-37-39-65(6,7)63(77-10-3)62-76-42-36-34-32-30-28-26-24-22-20-18-16-14-12-9-2/h10,63H,3,8-9,11-62H2,1-2,4-7H3/q+2. The molecule has 1 atom stereocenters. The Kier molecular flexibility index (Phi) is 61.8. The average Bonchev–Trinajstić information content (AvgIpc) is 3.41. The molecule has 0 aliphatic heterocycles. The van der Waals surface area contributed by atoms with Crippen molar-refractivity contribution in [3.8, 4) is 0 Å². The minimum atomic E-state index is -0.0590. The SMILES string of the molecule is C=COC(COCCCCCCCCCCCCCCCC)[N+](C)(C)CCC[N+](C)(C)CCOCCOCCOCCOCCOCCOCCOCCOCCOCCOCCCCCCCCCCCCCCCC. The summed E-state index contributed by atoms with van der Waals surface area (Å²) in [4.78, 5) is 0. The molecule has 0 saturated carbocycles. The van der Waals surface area contributed by atoms with Crippen molar-refractivity contribution in [2.75, 3.05) is 193 Å². The van der Waals surface area contributed by atoms with Gasteiger partial charge in [0.15, 0.2) is 0 Å². The Bertz CT molecular complexity index is 1120. The van der Waals surface area contributed by atoms with Gasteiger partial charge in [-0.15, -0.1) is 0 Å². The highest BCUT2D eigenvalue weighted by Gasteiger charge is 2.30. The third-order valence-corrected chi connectivity index (χ3v) is 14.3. The number of likely N-dealkylation sites (N-methyl/N-ethyl adjacent to an activating group) is 2. The summed E-state index contributed by atoms with van der Waals surface area (Å²) in [5.41, 5.74) is 0. The highest BCUT2D eigenvalue weighted by Crippen LogP contribution is 2.16. The summed E-state index contributed by atoms with van der Waals surface area (Å²) in [5, 5.41) is 0. The van der Waals surface area contributed by atoms with Crippen LogP contribution in [0.2, 0.25) is 0 Å². The van der Waals surface area contributed by atoms with Crippen molar-refractivity contribution < 1.29 is 65.8 Å².